The molecule has 2 amide bonds. The average Bonchev–Trinajstić information content (AvgIpc) is 3.62. The Morgan fingerprint density at radius 1 is 1.32 bits per heavy atom. The Hall–Kier alpha value is -3.31. The van der Waals surface area contributed by atoms with Gasteiger partial charge in [0, 0.05) is 15.8 Å². The lowest BCUT2D eigenvalue weighted by Gasteiger charge is -2.24. The Balaban J connectivity index is 1.72. The van der Waals surface area contributed by atoms with E-state index in [1.54, 1.807) is 32.0 Å². The molecule has 0 saturated heterocycles. The van der Waals surface area contributed by atoms with Crippen molar-refractivity contribution in [3.05, 3.63) is 61.9 Å². The van der Waals surface area contributed by atoms with Crippen molar-refractivity contribution in [3.8, 4) is 17.8 Å². The van der Waals surface area contributed by atoms with Gasteiger partial charge in [-0.1, -0.05) is 11.6 Å². The maximum Gasteiger partial charge on any atom is 0.388 e. The molecule has 192 valence electrons. The number of aromatic nitrogens is 3. The number of nitrogens with one attached hydrogen (secondary N) is 2. The largest absolute Gasteiger partial charge is 0.415 e. The predicted molar refractivity (Wildman–Crippen MR) is 139 cm³/mol. The Morgan fingerprint density at radius 2 is 2.05 bits per heavy atom. The van der Waals surface area contributed by atoms with E-state index in [0.29, 0.717) is 5.56 Å². The second kappa shape index (κ2) is 10.6. The van der Waals surface area contributed by atoms with Gasteiger partial charge in [0.1, 0.15) is 11.2 Å². The van der Waals surface area contributed by atoms with E-state index < -0.39 is 29.8 Å². The second-order valence-electron chi connectivity index (χ2n) is 8.61. The molecule has 9 nitrogen and oxygen atoms in total. The highest BCUT2D eigenvalue weighted by Crippen LogP contribution is 2.39. The van der Waals surface area contributed by atoms with Gasteiger partial charge in [0.25, 0.3) is 11.8 Å². The molecule has 1 saturated carbocycles. The first-order valence-corrected chi connectivity index (χ1v) is 12.5. The number of benzene rings is 1. The van der Waals surface area contributed by atoms with Gasteiger partial charge < -0.3 is 15.4 Å². The number of pyridine rings is 1. The molecule has 4 rings (SSSR count). The molecule has 1 unspecified atom stereocenters. The molecule has 2 aromatic heterocycles. The van der Waals surface area contributed by atoms with Gasteiger partial charge in [0.05, 0.1) is 22.3 Å². The van der Waals surface area contributed by atoms with Crippen LogP contribution in [-0.2, 0) is 0 Å². The van der Waals surface area contributed by atoms with Gasteiger partial charge in [-0.2, -0.15) is 14.0 Å². The van der Waals surface area contributed by atoms with Crippen LogP contribution in [0.25, 0.3) is 5.82 Å². The molecule has 0 bridgehead atoms. The number of rotatable bonds is 8. The van der Waals surface area contributed by atoms with Crippen molar-refractivity contribution in [2.45, 2.75) is 38.8 Å². The van der Waals surface area contributed by atoms with E-state index in [4.69, 9.17) is 11.6 Å². The van der Waals surface area contributed by atoms with E-state index in [9.17, 15) is 23.6 Å². The molecule has 3 aromatic rings. The lowest BCUT2D eigenvalue weighted by molar-refractivity contribution is -0.0530. The summed E-state index contributed by atoms with van der Waals surface area (Å²) >= 11 is 8.25. The Labute approximate surface area is 229 Å². The summed E-state index contributed by atoms with van der Waals surface area (Å²) in [6, 6.07) is 9.60. The zero-order chi connectivity index (χ0) is 26.9. The molecule has 2 heterocycles. The van der Waals surface area contributed by atoms with Crippen LogP contribution in [0.15, 0.2) is 36.5 Å². The van der Waals surface area contributed by atoms with Crippen molar-refractivity contribution in [1.29, 1.82) is 5.26 Å². The number of ether oxygens (including phenoxy) is 1. The van der Waals surface area contributed by atoms with E-state index in [1.165, 1.54) is 12.3 Å². The number of carbonyl (C=O) groups excluding carboxylic acids is 2. The Kier molecular flexibility index (Phi) is 7.65. The summed E-state index contributed by atoms with van der Waals surface area (Å²) in [6.45, 7) is 0.200. The first kappa shape index (κ1) is 26.7. The zero-order valence-electron chi connectivity index (χ0n) is 19.6. The molecule has 1 fully saturated rings. The smallest absolute Gasteiger partial charge is 0.388 e. The van der Waals surface area contributed by atoms with Crippen molar-refractivity contribution in [2.75, 3.05) is 5.32 Å². The SMILES string of the molecule is Cc1cc(I)cc(C(=O)NC(C)(C#N)C2CC2)c1NC(=O)c1cc(OC(F)F)nn1-c1ncccc1Cl. The number of anilines is 1. The van der Waals surface area contributed by atoms with Crippen molar-refractivity contribution >= 4 is 51.7 Å². The van der Waals surface area contributed by atoms with Gasteiger partial charge in [-0.25, -0.2) is 9.67 Å². The minimum absolute atomic E-state index is 0.0185. The normalized spacial score (nSPS) is 14.5. The monoisotopic (exact) mass is 640 g/mol. The third kappa shape index (κ3) is 5.83. The summed E-state index contributed by atoms with van der Waals surface area (Å²) in [5.74, 6) is -1.76. The van der Waals surface area contributed by atoms with E-state index in [0.717, 1.165) is 27.2 Å². The van der Waals surface area contributed by atoms with Gasteiger partial charge in [-0.3, -0.25) is 9.59 Å². The molecule has 2 N–H and O–H groups in total. The summed E-state index contributed by atoms with van der Waals surface area (Å²) in [5.41, 5.74) is -0.355. The number of carbonyl (C=O) groups is 2. The summed E-state index contributed by atoms with van der Waals surface area (Å²) in [7, 11) is 0. The maximum atomic E-state index is 13.4. The lowest BCUT2D eigenvalue weighted by Crippen LogP contribution is -2.47. The average molecular weight is 641 g/mol. The van der Waals surface area contributed by atoms with E-state index in [2.05, 4.69) is 31.5 Å². The van der Waals surface area contributed by atoms with Crippen LogP contribution in [0.3, 0.4) is 0 Å². The molecule has 0 radical (unpaired) electrons. The Morgan fingerprint density at radius 3 is 2.68 bits per heavy atom. The number of hydrogen-bond acceptors (Lipinski definition) is 6. The quantitative estimate of drug-likeness (QED) is 0.330. The molecule has 0 aliphatic heterocycles. The molecular formula is C24H20ClF2IN6O3. The summed E-state index contributed by atoms with van der Waals surface area (Å²) in [5, 5.41) is 19.2. The lowest BCUT2D eigenvalue weighted by atomic mass is 9.96. The van der Waals surface area contributed by atoms with Crippen molar-refractivity contribution in [1.82, 2.24) is 20.1 Å². The van der Waals surface area contributed by atoms with Gasteiger partial charge in [0.15, 0.2) is 5.82 Å². The molecule has 1 aromatic carbocycles. The fourth-order valence-electron chi connectivity index (χ4n) is 3.82. The van der Waals surface area contributed by atoms with Crippen LogP contribution in [0, 0.1) is 27.7 Å². The first-order chi connectivity index (χ1) is 17.5. The predicted octanol–water partition coefficient (Wildman–Crippen LogP) is 5.11. The Bertz CT molecular complexity index is 1420. The van der Waals surface area contributed by atoms with E-state index in [-0.39, 0.29) is 33.7 Å². The number of halogens is 4. The highest BCUT2D eigenvalue weighted by molar-refractivity contribution is 14.1. The van der Waals surface area contributed by atoms with Gasteiger partial charge in [0.2, 0.25) is 5.88 Å². The molecule has 1 aliphatic carbocycles. The standard InChI is InChI=1S/C24H20ClF2IN6O3/c1-12-8-14(28)9-15(21(35)32-24(2,11-29)13-5-6-13)19(12)31-22(36)17-10-18(37-23(26)27)33-34(17)20-16(25)4-3-7-30-20/h3-4,7-10,13,23H,5-6H2,1-2H3,(H,31,36)(H,32,35). The number of nitrogens with zero attached hydrogens (tertiary/aromatic N) is 4. The molecular weight excluding hydrogens is 621 g/mol. The number of hydrogen-bond donors (Lipinski definition) is 2. The number of alkyl halides is 2. The first-order valence-electron chi connectivity index (χ1n) is 11.0. The molecule has 13 heteroatoms. The van der Waals surface area contributed by atoms with Crippen LogP contribution in [-0.4, -0.2) is 38.7 Å². The van der Waals surface area contributed by atoms with Crippen LogP contribution in [0.5, 0.6) is 5.88 Å². The number of nitriles is 1. The number of aryl methyl sites for hydroxylation is 1. The van der Waals surface area contributed by atoms with E-state index >= 15 is 0 Å². The highest BCUT2D eigenvalue weighted by atomic mass is 127. The van der Waals surface area contributed by atoms with Crippen molar-refractivity contribution < 1.29 is 23.1 Å². The second-order valence-corrected chi connectivity index (χ2v) is 10.3. The van der Waals surface area contributed by atoms with Gasteiger partial charge in [-0.05, 0) is 85.0 Å². The molecule has 1 atom stereocenters. The summed E-state index contributed by atoms with van der Waals surface area (Å²) in [4.78, 5) is 30.8. The fourth-order valence-corrected chi connectivity index (χ4v) is 4.80. The topological polar surface area (TPSA) is 122 Å². The molecule has 1 aliphatic rings. The highest BCUT2D eigenvalue weighted by Gasteiger charge is 2.43. The van der Waals surface area contributed by atoms with Crippen molar-refractivity contribution in [2.24, 2.45) is 5.92 Å². The van der Waals surface area contributed by atoms with Crippen LogP contribution in [0.2, 0.25) is 5.02 Å². The summed E-state index contributed by atoms with van der Waals surface area (Å²) < 4.78 is 31.8. The van der Waals surface area contributed by atoms with E-state index in [1.807, 2.05) is 22.6 Å². The number of amides is 2. The van der Waals surface area contributed by atoms with Crippen molar-refractivity contribution in [3.63, 3.8) is 0 Å². The van der Waals surface area contributed by atoms with Crippen LogP contribution >= 0.6 is 34.2 Å². The van der Waals surface area contributed by atoms with Gasteiger partial charge >= 0.3 is 6.61 Å². The van der Waals surface area contributed by atoms with Gasteiger partial charge in [-0.15, -0.1) is 5.10 Å². The minimum Gasteiger partial charge on any atom is -0.415 e. The maximum absolute atomic E-state index is 13.4. The molecule has 0 spiro atoms. The van der Waals surface area contributed by atoms with Crippen LogP contribution in [0.4, 0.5) is 14.5 Å². The van der Waals surface area contributed by atoms with Crippen LogP contribution in [0.1, 0.15) is 46.2 Å². The summed E-state index contributed by atoms with van der Waals surface area (Å²) in [6.07, 6.45) is 3.07. The molecule has 37 heavy (non-hydrogen) atoms. The fraction of sp³-hybridized carbons (Fsp3) is 0.292. The minimum atomic E-state index is -3.17. The third-order valence-corrected chi connectivity index (χ3v) is 6.77. The van der Waals surface area contributed by atoms with Crippen LogP contribution < -0.4 is 15.4 Å². The zero-order valence-corrected chi connectivity index (χ0v) is 22.5. The third-order valence-electron chi connectivity index (χ3n) is 5.85.